The summed E-state index contributed by atoms with van der Waals surface area (Å²) < 4.78 is 5.22. The summed E-state index contributed by atoms with van der Waals surface area (Å²) in [6, 6.07) is 6.24. The van der Waals surface area contributed by atoms with Gasteiger partial charge in [-0.2, -0.15) is 11.8 Å². The van der Waals surface area contributed by atoms with Crippen LogP contribution in [0.2, 0.25) is 0 Å². The third-order valence-electron chi connectivity index (χ3n) is 2.78. The van der Waals surface area contributed by atoms with Gasteiger partial charge in [0.25, 0.3) is 0 Å². The summed E-state index contributed by atoms with van der Waals surface area (Å²) in [6.07, 6.45) is 1.18. The van der Waals surface area contributed by atoms with Gasteiger partial charge in [0, 0.05) is 29.1 Å². The zero-order valence-corrected chi connectivity index (χ0v) is 11.4. The van der Waals surface area contributed by atoms with Crippen molar-refractivity contribution in [2.45, 2.75) is 12.5 Å². The summed E-state index contributed by atoms with van der Waals surface area (Å²) in [5, 5.41) is 3.50. The molecular formula is C12H16N2OS2. The maximum absolute atomic E-state index is 5.73. The standard InChI is InChI=1S/C12H16N2OS2/c1-15-9-2-3-10(12(13)16)11(6-9)14-8-4-5-17-7-8/h2-3,6,8,14H,4-5,7H2,1H3,(H2,13,16). The largest absolute Gasteiger partial charge is 0.497 e. The third kappa shape index (κ3) is 3.04. The second kappa shape index (κ2) is 5.60. The quantitative estimate of drug-likeness (QED) is 0.820. The molecule has 0 radical (unpaired) electrons. The number of hydrogen-bond donors (Lipinski definition) is 2. The highest BCUT2D eigenvalue weighted by Crippen LogP contribution is 2.26. The molecule has 17 heavy (non-hydrogen) atoms. The SMILES string of the molecule is COc1ccc(C(N)=S)c(NC2CCSC2)c1. The highest BCUT2D eigenvalue weighted by atomic mass is 32.2. The molecule has 1 aliphatic rings. The fraction of sp³-hybridized carbons (Fsp3) is 0.417. The van der Waals surface area contributed by atoms with Gasteiger partial charge in [0.2, 0.25) is 0 Å². The van der Waals surface area contributed by atoms with Crippen LogP contribution < -0.4 is 15.8 Å². The number of anilines is 1. The maximum atomic E-state index is 5.73. The predicted octanol–water partition coefficient (Wildman–Crippen LogP) is 2.25. The van der Waals surface area contributed by atoms with Gasteiger partial charge in [0.05, 0.1) is 7.11 Å². The smallest absolute Gasteiger partial charge is 0.120 e. The first-order valence-corrected chi connectivity index (χ1v) is 7.09. The molecule has 0 spiro atoms. The highest BCUT2D eigenvalue weighted by molar-refractivity contribution is 7.99. The van der Waals surface area contributed by atoms with Crippen molar-refractivity contribution in [1.82, 2.24) is 0 Å². The van der Waals surface area contributed by atoms with E-state index in [9.17, 15) is 0 Å². The highest BCUT2D eigenvalue weighted by Gasteiger charge is 2.17. The molecule has 1 unspecified atom stereocenters. The van der Waals surface area contributed by atoms with E-state index in [-0.39, 0.29) is 0 Å². The second-order valence-electron chi connectivity index (χ2n) is 3.98. The Morgan fingerprint density at radius 3 is 3.00 bits per heavy atom. The first-order chi connectivity index (χ1) is 8.20. The van der Waals surface area contributed by atoms with Crippen molar-refractivity contribution in [3.8, 4) is 5.75 Å². The summed E-state index contributed by atoms with van der Waals surface area (Å²) in [4.78, 5) is 0.417. The van der Waals surface area contributed by atoms with Crippen molar-refractivity contribution >= 4 is 34.7 Å². The Bertz CT molecular complexity index is 417. The van der Waals surface area contributed by atoms with Crippen molar-refractivity contribution < 1.29 is 4.74 Å². The van der Waals surface area contributed by atoms with Crippen LogP contribution in [-0.4, -0.2) is 29.6 Å². The Balaban J connectivity index is 2.24. The molecule has 1 aliphatic heterocycles. The minimum Gasteiger partial charge on any atom is -0.497 e. The van der Waals surface area contributed by atoms with Gasteiger partial charge in [-0.05, 0) is 24.3 Å². The van der Waals surface area contributed by atoms with Crippen LogP contribution in [0.3, 0.4) is 0 Å². The van der Waals surface area contributed by atoms with E-state index in [4.69, 9.17) is 22.7 Å². The van der Waals surface area contributed by atoms with Crippen LogP contribution in [0.25, 0.3) is 0 Å². The van der Waals surface area contributed by atoms with Crippen LogP contribution in [0.1, 0.15) is 12.0 Å². The molecule has 0 bridgehead atoms. The van der Waals surface area contributed by atoms with Crippen LogP contribution in [0, 0.1) is 0 Å². The number of methoxy groups -OCH3 is 1. The van der Waals surface area contributed by atoms with Gasteiger partial charge < -0.3 is 15.8 Å². The first-order valence-electron chi connectivity index (χ1n) is 5.53. The average Bonchev–Trinajstić information content (AvgIpc) is 2.81. The van der Waals surface area contributed by atoms with Crippen molar-refractivity contribution in [2.75, 3.05) is 23.9 Å². The summed E-state index contributed by atoms with van der Waals surface area (Å²) >= 11 is 7.03. The zero-order valence-electron chi connectivity index (χ0n) is 9.73. The predicted molar refractivity (Wildman–Crippen MR) is 78.2 cm³/mol. The number of thioether (sulfide) groups is 1. The average molecular weight is 268 g/mol. The number of hydrogen-bond acceptors (Lipinski definition) is 4. The number of ether oxygens (including phenoxy) is 1. The monoisotopic (exact) mass is 268 g/mol. The van der Waals surface area contributed by atoms with Crippen molar-refractivity contribution in [1.29, 1.82) is 0 Å². The number of thiocarbonyl (C=S) groups is 1. The van der Waals surface area contributed by atoms with E-state index < -0.39 is 0 Å². The van der Waals surface area contributed by atoms with Crippen LogP contribution in [-0.2, 0) is 0 Å². The van der Waals surface area contributed by atoms with Crippen molar-refractivity contribution in [2.24, 2.45) is 5.73 Å². The first kappa shape index (κ1) is 12.5. The Morgan fingerprint density at radius 2 is 2.41 bits per heavy atom. The lowest BCUT2D eigenvalue weighted by molar-refractivity contribution is 0.415. The summed E-state index contributed by atoms with van der Waals surface area (Å²) in [7, 11) is 1.66. The van der Waals surface area contributed by atoms with Gasteiger partial charge in [-0.3, -0.25) is 0 Å². The molecule has 1 aromatic rings. The molecule has 1 aromatic carbocycles. The van der Waals surface area contributed by atoms with Gasteiger partial charge in [0.1, 0.15) is 10.7 Å². The van der Waals surface area contributed by atoms with Gasteiger partial charge in [0.15, 0.2) is 0 Å². The lowest BCUT2D eigenvalue weighted by Gasteiger charge is -2.17. The van der Waals surface area contributed by atoms with Gasteiger partial charge in [-0.1, -0.05) is 12.2 Å². The fourth-order valence-corrected chi connectivity index (χ4v) is 3.18. The number of nitrogens with one attached hydrogen (secondary N) is 1. The molecule has 0 aromatic heterocycles. The zero-order chi connectivity index (χ0) is 12.3. The van der Waals surface area contributed by atoms with E-state index >= 15 is 0 Å². The van der Waals surface area contributed by atoms with Crippen LogP contribution in [0.4, 0.5) is 5.69 Å². The maximum Gasteiger partial charge on any atom is 0.120 e. The molecule has 2 rings (SSSR count). The van der Waals surface area contributed by atoms with Gasteiger partial charge >= 0.3 is 0 Å². The molecular weight excluding hydrogens is 252 g/mol. The number of nitrogens with two attached hydrogens (primary N) is 1. The molecule has 3 N–H and O–H groups in total. The van der Waals surface area contributed by atoms with E-state index in [1.807, 2.05) is 30.0 Å². The molecule has 5 heteroatoms. The minimum atomic E-state index is 0.417. The lowest BCUT2D eigenvalue weighted by atomic mass is 10.1. The van der Waals surface area contributed by atoms with E-state index in [1.165, 1.54) is 12.2 Å². The van der Waals surface area contributed by atoms with E-state index in [0.29, 0.717) is 11.0 Å². The molecule has 1 heterocycles. The molecule has 0 saturated carbocycles. The Hall–Kier alpha value is -0.940. The Morgan fingerprint density at radius 1 is 1.59 bits per heavy atom. The molecule has 0 amide bonds. The van der Waals surface area contributed by atoms with E-state index in [2.05, 4.69) is 5.32 Å². The van der Waals surface area contributed by atoms with Crippen LogP contribution >= 0.6 is 24.0 Å². The number of rotatable bonds is 4. The Kier molecular flexibility index (Phi) is 4.12. The molecule has 92 valence electrons. The topological polar surface area (TPSA) is 47.3 Å². The third-order valence-corrected chi connectivity index (χ3v) is 4.16. The van der Waals surface area contributed by atoms with E-state index in [0.717, 1.165) is 22.8 Å². The lowest BCUT2D eigenvalue weighted by Crippen LogP contribution is -2.21. The second-order valence-corrected chi connectivity index (χ2v) is 5.57. The Labute approximate surface area is 111 Å². The fourth-order valence-electron chi connectivity index (χ4n) is 1.85. The van der Waals surface area contributed by atoms with Crippen LogP contribution in [0.15, 0.2) is 18.2 Å². The normalized spacial score (nSPS) is 19.0. The van der Waals surface area contributed by atoms with Crippen molar-refractivity contribution in [3.63, 3.8) is 0 Å². The molecule has 3 nitrogen and oxygen atoms in total. The minimum absolute atomic E-state index is 0.417. The summed E-state index contributed by atoms with van der Waals surface area (Å²) in [5.74, 6) is 3.16. The van der Waals surface area contributed by atoms with Crippen LogP contribution in [0.5, 0.6) is 5.75 Å². The van der Waals surface area contributed by atoms with E-state index in [1.54, 1.807) is 7.11 Å². The summed E-state index contributed by atoms with van der Waals surface area (Å²) in [5.41, 5.74) is 7.59. The molecule has 1 atom stereocenters. The van der Waals surface area contributed by atoms with Crippen molar-refractivity contribution in [3.05, 3.63) is 23.8 Å². The number of benzene rings is 1. The van der Waals surface area contributed by atoms with Gasteiger partial charge in [-0.15, -0.1) is 0 Å². The molecule has 1 fully saturated rings. The van der Waals surface area contributed by atoms with Gasteiger partial charge in [-0.25, -0.2) is 0 Å². The molecule has 1 saturated heterocycles. The summed E-state index contributed by atoms with van der Waals surface area (Å²) in [6.45, 7) is 0. The molecule has 0 aliphatic carbocycles.